The molecular weight excluding hydrogens is 350 g/mol. The lowest BCUT2D eigenvalue weighted by molar-refractivity contribution is -0.774. The topological polar surface area (TPSA) is 205 Å². The van der Waals surface area contributed by atoms with Crippen LogP contribution in [0.25, 0.3) is 0 Å². The number of nitro groups is 2. The van der Waals surface area contributed by atoms with Gasteiger partial charge in [-0.1, -0.05) is 0 Å². The SMILES string of the molecule is O=C(O)COc1cc([N+](=O)[O-])c(CC(C[N+](=O)[O-])O[N+](=O)[O-])cc1O. The van der Waals surface area contributed by atoms with Crippen molar-refractivity contribution in [2.24, 2.45) is 0 Å². The second-order valence-electron chi connectivity index (χ2n) is 4.56. The number of aromatic hydroxyl groups is 1. The molecule has 1 atom stereocenters. The highest BCUT2D eigenvalue weighted by Gasteiger charge is 2.27. The molecule has 0 bridgehead atoms. The second kappa shape index (κ2) is 8.23. The van der Waals surface area contributed by atoms with Crippen molar-refractivity contribution in [2.45, 2.75) is 12.5 Å². The van der Waals surface area contributed by atoms with Gasteiger partial charge in [0.2, 0.25) is 6.54 Å². The molecule has 14 heteroatoms. The normalized spacial score (nSPS) is 11.4. The van der Waals surface area contributed by atoms with Gasteiger partial charge >= 0.3 is 5.97 Å². The molecule has 1 rings (SSSR count). The number of hydrogen-bond acceptors (Lipinski definition) is 10. The summed E-state index contributed by atoms with van der Waals surface area (Å²) in [6.45, 7) is -1.88. The van der Waals surface area contributed by atoms with Crippen LogP contribution in [0.2, 0.25) is 0 Å². The van der Waals surface area contributed by atoms with Crippen molar-refractivity contribution >= 4 is 11.7 Å². The van der Waals surface area contributed by atoms with Gasteiger partial charge in [-0.15, -0.1) is 10.1 Å². The Hall–Kier alpha value is -3.71. The molecule has 0 amide bonds. The molecule has 0 saturated carbocycles. The summed E-state index contributed by atoms with van der Waals surface area (Å²) < 4.78 is 4.68. The van der Waals surface area contributed by atoms with Crippen LogP contribution in [0.5, 0.6) is 11.5 Å². The molecule has 1 unspecified atom stereocenters. The van der Waals surface area contributed by atoms with Crippen molar-refractivity contribution in [3.05, 3.63) is 48.0 Å². The standard InChI is InChI=1S/C11H11N3O11/c15-9-2-6(1-7(4-12(18)19)25-14(22)23)8(13(20)21)3-10(9)24-5-11(16)17/h2-3,7,15H,1,4-5H2,(H,16,17). The Morgan fingerprint density at radius 2 is 1.84 bits per heavy atom. The van der Waals surface area contributed by atoms with E-state index in [9.17, 15) is 40.2 Å². The van der Waals surface area contributed by atoms with E-state index in [4.69, 9.17) is 5.11 Å². The number of carboxylic acid groups (broad SMARTS) is 1. The predicted molar refractivity (Wildman–Crippen MR) is 75.3 cm³/mol. The molecule has 136 valence electrons. The summed E-state index contributed by atoms with van der Waals surface area (Å²) in [6, 6.07) is 1.51. The molecule has 2 N–H and O–H groups in total. The average molecular weight is 361 g/mol. The fourth-order valence-corrected chi connectivity index (χ4v) is 1.86. The van der Waals surface area contributed by atoms with Gasteiger partial charge in [0, 0.05) is 16.9 Å². The van der Waals surface area contributed by atoms with Crippen molar-refractivity contribution in [1.82, 2.24) is 0 Å². The Kier molecular flexibility index (Phi) is 6.36. The van der Waals surface area contributed by atoms with E-state index in [0.717, 1.165) is 6.07 Å². The smallest absolute Gasteiger partial charge is 0.341 e. The molecule has 14 nitrogen and oxygen atoms in total. The number of nitro benzene ring substituents is 1. The Labute approximate surface area is 137 Å². The summed E-state index contributed by atoms with van der Waals surface area (Å²) in [5, 5.41) is 48.9. The van der Waals surface area contributed by atoms with Crippen molar-refractivity contribution in [2.75, 3.05) is 13.2 Å². The number of ether oxygens (including phenoxy) is 1. The van der Waals surface area contributed by atoms with Crippen LogP contribution in [0, 0.1) is 30.3 Å². The third kappa shape index (κ3) is 6.12. The zero-order valence-corrected chi connectivity index (χ0v) is 12.3. The fraction of sp³-hybridized carbons (Fsp3) is 0.364. The fourth-order valence-electron chi connectivity index (χ4n) is 1.86. The van der Waals surface area contributed by atoms with Crippen molar-refractivity contribution in [3.63, 3.8) is 0 Å². The van der Waals surface area contributed by atoms with Gasteiger partial charge in [0.15, 0.2) is 24.2 Å². The first-order chi connectivity index (χ1) is 11.6. The van der Waals surface area contributed by atoms with Gasteiger partial charge in [-0.2, -0.15) is 0 Å². The lowest BCUT2D eigenvalue weighted by atomic mass is 10.0. The molecule has 0 aliphatic carbocycles. The molecular formula is C11H11N3O11. The van der Waals surface area contributed by atoms with Crippen molar-refractivity contribution in [1.29, 1.82) is 0 Å². The van der Waals surface area contributed by atoms with Gasteiger partial charge in [-0.25, -0.2) is 4.79 Å². The largest absolute Gasteiger partial charge is 0.504 e. The minimum Gasteiger partial charge on any atom is -0.504 e. The van der Waals surface area contributed by atoms with Crippen LogP contribution in [-0.2, 0) is 16.1 Å². The quantitative estimate of drug-likeness (QED) is 0.424. The van der Waals surface area contributed by atoms with Crippen LogP contribution in [0.4, 0.5) is 5.69 Å². The van der Waals surface area contributed by atoms with Crippen LogP contribution in [0.1, 0.15) is 5.56 Å². The monoisotopic (exact) mass is 361 g/mol. The molecule has 0 saturated heterocycles. The Morgan fingerprint density at radius 3 is 2.32 bits per heavy atom. The summed E-state index contributed by atoms with van der Waals surface area (Å²) in [4.78, 5) is 44.7. The number of benzene rings is 1. The molecule has 0 fully saturated rings. The maximum Gasteiger partial charge on any atom is 0.341 e. The Bertz CT molecular complexity index is 689. The third-order valence-electron chi connectivity index (χ3n) is 2.74. The van der Waals surface area contributed by atoms with Gasteiger partial charge in [0.25, 0.3) is 10.8 Å². The van der Waals surface area contributed by atoms with E-state index in [1.165, 1.54) is 0 Å². The number of nitrogens with zero attached hydrogens (tertiary/aromatic N) is 3. The number of carboxylic acids is 1. The minimum atomic E-state index is -1.63. The first kappa shape index (κ1) is 19.3. The molecule has 0 spiro atoms. The van der Waals surface area contributed by atoms with Crippen LogP contribution >= 0.6 is 0 Å². The molecule has 1 aromatic carbocycles. The molecule has 25 heavy (non-hydrogen) atoms. The minimum absolute atomic E-state index is 0.293. The first-order valence-electron chi connectivity index (χ1n) is 6.38. The average Bonchev–Trinajstić information content (AvgIpc) is 2.44. The van der Waals surface area contributed by atoms with E-state index in [1.807, 2.05) is 0 Å². The summed E-state index contributed by atoms with van der Waals surface area (Å²) in [5.41, 5.74) is -0.975. The molecule has 0 aliphatic rings. The number of carbonyl (C=O) groups is 1. The van der Waals surface area contributed by atoms with Gasteiger partial charge in [0.05, 0.1) is 11.0 Å². The lowest BCUT2D eigenvalue weighted by Crippen LogP contribution is -2.28. The highest BCUT2D eigenvalue weighted by atomic mass is 17.0. The maximum atomic E-state index is 11.1. The van der Waals surface area contributed by atoms with E-state index in [-0.39, 0.29) is 5.56 Å². The Balaban J connectivity index is 3.16. The summed E-state index contributed by atoms with van der Waals surface area (Å²) >= 11 is 0. The van der Waals surface area contributed by atoms with Gasteiger partial charge in [-0.3, -0.25) is 20.2 Å². The summed E-state index contributed by atoms with van der Waals surface area (Å²) in [5.74, 6) is -2.57. The highest BCUT2D eigenvalue weighted by molar-refractivity contribution is 5.68. The van der Waals surface area contributed by atoms with Gasteiger partial charge in [-0.05, 0) is 6.07 Å². The number of rotatable bonds is 10. The van der Waals surface area contributed by atoms with Crippen LogP contribution in [-0.4, -0.2) is 50.4 Å². The number of phenols is 1. The highest BCUT2D eigenvalue weighted by Crippen LogP contribution is 2.34. The van der Waals surface area contributed by atoms with E-state index < -0.39 is 63.8 Å². The zero-order chi connectivity index (χ0) is 19.1. The van der Waals surface area contributed by atoms with Crippen molar-refractivity contribution < 1.29 is 39.5 Å². The third-order valence-corrected chi connectivity index (χ3v) is 2.74. The number of hydrogen-bond donors (Lipinski definition) is 2. The molecule has 1 aromatic rings. The summed E-state index contributed by atoms with van der Waals surface area (Å²) in [6.07, 6.45) is -2.25. The van der Waals surface area contributed by atoms with Crippen LogP contribution in [0.3, 0.4) is 0 Å². The first-order valence-corrected chi connectivity index (χ1v) is 6.38. The Morgan fingerprint density at radius 1 is 1.20 bits per heavy atom. The van der Waals surface area contributed by atoms with E-state index in [2.05, 4.69) is 9.57 Å². The maximum absolute atomic E-state index is 11.1. The zero-order valence-electron chi connectivity index (χ0n) is 12.3. The number of aliphatic carboxylic acids is 1. The lowest BCUT2D eigenvalue weighted by Gasteiger charge is -2.13. The molecule has 0 heterocycles. The van der Waals surface area contributed by atoms with Crippen molar-refractivity contribution in [3.8, 4) is 11.5 Å². The molecule has 0 aromatic heterocycles. The van der Waals surface area contributed by atoms with E-state index >= 15 is 0 Å². The van der Waals surface area contributed by atoms with E-state index in [1.54, 1.807) is 0 Å². The molecule has 0 radical (unpaired) electrons. The predicted octanol–water partition coefficient (Wildman–Crippen LogP) is 0.160. The van der Waals surface area contributed by atoms with Gasteiger partial charge < -0.3 is 19.8 Å². The number of phenolic OH excluding ortho intramolecular Hbond substituents is 1. The van der Waals surface area contributed by atoms with Gasteiger partial charge in [0.1, 0.15) is 0 Å². The second-order valence-corrected chi connectivity index (χ2v) is 4.56. The summed E-state index contributed by atoms with van der Waals surface area (Å²) in [7, 11) is 0. The van der Waals surface area contributed by atoms with Crippen LogP contribution < -0.4 is 4.74 Å². The van der Waals surface area contributed by atoms with E-state index in [0.29, 0.717) is 6.07 Å². The molecule has 0 aliphatic heterocycles. The van der Waals surface area contributed by atoms with Crippen LogP contribution in [0.15, 0.2) is 12.1 Å².